The van der Waals surface area contributed by atoms with E-state index in [1.165, 1.54) is 28.6 Å². The number of aryl methyl sites for hydroxylation is 2. The molecule has 0 unspecified atom stereocenters. The molecular formula is C19H23FN2O3S. The molecule has 0 saturated carbocycles. The first kappa shape index (κ1) is 19.9. The second kappa shape index (κ2) is 8.31. The van der Waals surface area contributed by atoms with Crippen LogP contribution in [0.2, 0.25) is 0 Å². The van der Waals surface area contributed by atoms with Crippen LogP contribution in [0, 0.1) is 19.7 Å². The van der Waals surface area contributed by atoms with Crippen LogP contribution in [-0.4, -0.2) is 27.1 Å². The highest BCUT2D eigenvalue weighted by Gasteiger charge is 2.19. The molecule has 0 fully saturated rings. The zero-order valence-electron chi connectivity index (χ0n) is 15.1. The Labute approximate surface area is 153 Å². The van der Waals surface area contributed by atoms with Crippen LogP contribution in [0.4, 0.5) is 15.8 Å². The number of hydrogen-bond donors (Lipinski definition) is 1. The minimum Gasteiger partial charge on any atom is -0.326 e. The molecule has 2 aromatic carbocycles. The summed E-state index contributed by atoms with van der Waals surface area (Å²) in [6.07, 6.45) is 1.69. The Kier molecular flexibility index (Phi) is 6.37. The van der Waals surface area contributed by atoms with Crippen LogP contribution in [0.15, 0.2) is 42.5 Å². The van der Waals surface area contributed by atoms with Crippen molar-refractivity contribution >= 4 is 27.3 Å². The number of sulfonamides is 1. The van der Waals surface area contributed by atoms with Gasteiger partial charge in [-0.25, -0.2) is 12.8 Å². The van der Waals surface area contributed by atoms with Crippen molar-refractivity contribution in [1.82, 2.24) is 0 Å². The molecule has 1 N–H and O–H groups in total. The third-order valence-electron chi connectivity index (χ3n) is 3.93. The number of carbonyl (C=O) groups is 1. The summed E-state index contributed by atoms with van der Waals surface area (Å²) in [6, 6.07) is 11.1. The standard InChI is InChI=1S/C19H23FN2O3S/c1-14-6-7-15(2)18(13-14)22(26(3,24)25)12-4-5-19(23)21-17-10-8-16(20)9-11-17/h6-11,13H,4-5,12H2,1-3H3,(H,21,23). The third kappa shape index (κ3) is 5.56. The van der Waals surface area contributed by atoms with E-state index in [4.69, 9.17) is 0 Å². The Morgan fingerprint density at radius 3 is 2.38 bits per heavy atom. The molecule has 26 heavy (non-hydrogen) atoms. The van der Waals surface area contributed by atoms with Crippen molar-refractivity contribution in [2.45, 2.75) is 26.7 Å². The molecule has 5 nitrogen and oxygen atoms in total. The molecule has 0 bridgehead atoms. The molecule has 2 rings (SSSR count). The summed E-state index contributed by atoms with van der Waals surface area (Å²) >= 11 is 0. The first-order valence-corrected chi connectivity index (χ1v) is 10.1. The maximum Gasteiger partial charge on any atom is 0.232 e. The molecule has 2 aromatic rings. The van der Waals surface area contributed by atoms with Crippen LogP contribution in [0.1, 0.15) is 24.0 Å². The highest BCUT2D eigenvalue weighted by atomic mass is 32.2. The molecule has 0 radical (unpaired) electrons. The highest BCUT2D eigenvalue weighted by Crippen LogP contribution is 2.24. The van der Waals surface area contributed by atoms with E-state index in [2.05, 4.69) is 5.32 Å². The lowest BCUT2D eigenvalue weighted by Gasteiger charge is -2.24. The number of benzene rings is 2. The van der Waals surface area contributed by atoms with Gasteiger partial charge in [-0.2, -0.15) is 0 Å². The van der Waals surface area contributed by atoms with Crippen LogP contribution >= 0.6 is 0 Å². The number of amides is 1. The maximum atomic E-state index is 12.9. The smallest absolute Gasteiger partial charge is 0.232 e. The lowest BCUT2D eigenvalue weighted by Crippen LogP contribution is -2.32. The highest BCUT2D eigenvalue weighted by molar-refractivity contribution is 7.92. The van der Waals surface area contributed by atoms with Crippen LogP contribution in [0.3, 0.4) is 0 Å². The Hall–Kier alpha value is -2.41. The molecule has 7 heteroatoms. The van der Waals surface area contributed by atoms with Gasteiger partial charge in [0.05, 0.1) is 11.9 Å². The average Bonchev–Trinajstić information content (AvgIpc) is 2.55. The van der Waals surface area contributed by atoms with E-state index in [9.17, 15) is 17.6 Å². The van der Waals surface area contributed by atoms with E-state index < -0.39 is 10.0 Å². The zero-order valence-corrected chi connectivity index (χ0v) is 15.9. The van der Waals surface area contributed by atoms with E-state index in [1.807, 2.05) is 32.0 Å². The van der Waals surface area contributed by atoms with Gasteiger partial charge in [0.1, 0.15) is 5.82 Å². The predicted octanol–water partition coefficient (Wildman–Crippen LogP) is 3.63. The van der Waals surface area contributed by atoms with Crippen LogP contribution in [0.25, 0.3) is 0 Å². The second-order valence-corrected chi connectivity index (χ2v) is 8.19. The molecule has 0 heterocycles. The van der Waals surface area contributed by atoms with Gasteiger partial charge in [0, 0.05) is 18.7 Å². The van der Waals surface area contributed by atoms with Crippen LogP contribution < -0.4 is 9.62 Å². The number of nitrogens with one attached hydrogen (secondary N) is 1. The number of carbonyl (C=O) groups excluding carboxylic acids is 1. The van der Waals surface area contributed by atoms with Gasteiger partial charge in [-0.1, -0.05) is 12.1 Å². The monoisotopic (exact) mass is 378 g/mol. The molecule has 0 aromatic heterocycles. The van der Waals surface area contributed by atoms with Crippen molar-refractivity contribution in [3.05, 3.63) is 59.4 Å². The van der Waals surface area contributed by atoms with Gasteiger partial charge in [-0.05, 0) is 61.7 Å². The Bertz CT molecular complexity index is 880. The predicted molar refractivity (Wildman–Crippen MR) is 102 cm³/mol. The van der Waals surface area contributed by atoms with Gasteiger partial charge in [-0.3, -0.25) is 9.10 Å². The quantitative estimate of drug-likeness (QED) is 0.800. The van der Waals surface area contributed by atoms with Crippen molar-refractivity contribution in [2.24, 2.45) is 0 Å². The molecule has 0 aliphatic heterocycles. The molecule has 0 aliphatic carbocycles. The van der Waals surface area contributed by atoms with Crippen LogP contribution in [-0.2, 0) is 14.8 Å². The summed E-state index contributed by atoms with van der Waals surface area (Å²) in [5, 5.41) is 2.67. The van der Waals surface area contributed by atoms with Gasteiger partial charge in [-0.15, -0.1) is 0 Å². The minimum atomic E-state index is -3.46. The van der Waals surface area contributed by atoms with Gasteiger partial charge >= 0.3 is 0 Å². The van der Waals surface area contributed by atoms with E-state index >= 15 is 0 Å². The van der Waals surface area contributed by atoms with E-state index in [0.717, 1.165) is 17.4 Å². The topological polar surface area (TPSA) is 66.5 Å². The van der Waals surface area contributed by atoms with E-state index in [0.29, 0.717) is 17.8 Å². The number of rotatable bonds is 7. The van der Waals surface area contributed by atoms with Crippen LogP contribution in [0.5, 0.6) is 0 Å². The van der Waals surface area contributed by atoms with Crippen molar-refractivity contribution in [3.8, 4) is 0 Å². The van der Waals surface area contributed by atoms with Gasteiger partial charge in [0.25, 0.3) is 0 Å². The van der Waals surface area contributed by atoms with Gasteiger partial charge in [0.15, 0.2) is 0 Å². The largest absolute Gasteiger partial charge is 0.326 e. The summed E-state index contributed by atoms with van der Waals surface area (Å²) in [5.41, 5.74) is 2.96. The molecule has 0 saturated heterocycles. The maximum absolute atomic E-state index is 12.9. The minimum absolute atomic E-state index is 0.161. The molecule has 1 amide bonds. The molecule has 140 valence electrons. The SMILES string of the molecule is Cc1ccc(C)c(N(CCCC(=O)Nc2ccc(F)cc2)S(C)(=O)=O)c1. The van der Waals surface area contributed by atoms with Crippen molar-refractivity contribution in [2.75, 3.05) is 22.4 Å². The Balaban J connectivity index is 2.01. The fourth-order valence-electron chi connectivity index (χ4n) is 2.59. The molecule has 0 atom stereocenters. The fourth-order valence-corrected chi connectivity index (χ4v) is 3.61. The average molecular weight is 378 g/mol. The summed E-state index contributed by atoms with van der Waals surface area (Å²) in [4.78, 5) is 12.0. The second-order valence-electron chi connectivity index (χ2n) is 6.28. The van der Waals surface area contributed by atoms with E-state index in [1.54, 1.807) is 0 Å². The van der Waals surface area contributed by atoms with Gasteiger partial charge < -0.3 is 5.32 Å². The fraction of sp³-hybridized carbons (Fsp3) is 0.316. The normalized spacial score (nSPS) is 11.2. The van der Waals surface area contributed by atoms with Gasteiger partial charge in [0.2, 0.25) is 15.9 Å². The Morgan fingerprint density at radius 1 is 1.12 bits per heavy atom. The first-order chi connectivity index (χ1) is 12.2. The molecule has 0 spiro atoms. The number of anilines is 2. The van der Waals surface area contributed by atoms with E-state index in [-0.39, 0.29) is 24.7 Å². The van der Waals surface area contributed by atoms with Crippen molar-refractivity contribution in [3.63, 3.8) is 0 Å². The lowest BCUT2D eigenvalue weighted by atomic mass is 10.1. The number of nitrogens with zero attached hydrogens (tertiary/aromatic N) is 1. The summed E-state index contributed by atoms with van der Waals surface area (Å²) < 4.78 is 38.6. The lowest BCUT2D eigenvalue weighted by molar-refractivity contribution is -0.116. The van der Waals surface area contributed by atoms with Crippen molar-refractivity contribution in [1.29, 1.82) is 0 Å². The summed E-state index contributed by atoms with van der Waals surface area (Å²) in [7, 11) is -3.46. The summed E-state index contributed by atoms with van der Waals surface area (Å²) in [5.74, 6) is -0.619. The molecule has 0 aliphatic rings. The molecular weight excluding hydrogens is 355 g/mol. The number of hydrogen-bond acceptors (Lipinski definition) is 3. The van der Waals surface area contributed by atoms with Crippen molar-refractivity contribution < 1.29 is 17.6 Å². The Morgan fingerprint density at radius 2 is 1.77 bits per heavy atom. The zero-order chi connectivity index (χ0) is 19.3. The number of halogens is 1. The third-order valence-corrected chi connectivity index (χ3v) is 5.11. The first-order valence-electron chi connectivity index (χ1n) is 8.27. The summed E-state index contributed by atoms with van der Waals surface area (Å²) in [6.45, 7) is 3.97.